The molecule has 2 aromatic carbocycles. The number of hydrogen-bond donors (Lipinski definition) is 1. The lowest BCUT2D eigenvalue weighted by atomic mass is 10.1. The molecule has 0 unspecified atom stereocenters. The molecule has 0 atom stereocenters. The number of benzene rings is 2. The fourth-order valence-corrected chi connectivity index (χ4v) is 3.09. The van der Waals surface area contributed by atoms with Crippen LogP contribution in [0.3, 0.4) is 0 Å². The number of aliphatic hydroxyl groups excluding tert-OH is 1. The third-order valence-electron chi connectivity index (χ3n) is 4.46. The van der Waals surface area contributed by atoms with Gasteiger partial charge in [-0.05, 0) is 11.5 Å². The molecule has 0 saturated carbocycles. The first-order valence-corrected chi connectivity index (χ1v) is 8.49. The van der Waals surface area contributed by atoms with Crippen molar-refractivity contribution in [1.82, 2.24) is 9.80 Å². The van der Waals surface area contributed by atoms with Gasteiger partial charge in [0.2, 0.25) is 5.91 Å². The molecule has 0 spiro atoms. The van der Waals surface area contributed by atoms with Crippen LogP contribution in [-0.4, -0.2) is 66.8 Å². The van der Waals surface area contributed by atoms with Gasteiger partial charge in [-0.15, -0.1) is 0 Å². The molecule has 0 aromatic heterocycles. The lowest BCUT2D eigenvalue weighted by molar-refractivity contribution is -0.133. The summed E-state index contributed by atoms with van der Waals surface area (Å²) in [4.78, 5) is 16.4. The Balaban J connectivity index is 1.48. The van der Waals surface area contributed by atoms with Gasteiger partial charge in [0.25, 0.3) is 0 Å². The minimum absolute atomic E-state index is 0.138. The molecule has 0 radical (unpaired) electrons. The van der Waals surface area contributed by atoms with E-state index in [1.165, 1.54) is 0 Å². The topological polar surface area (TPSA) is 53.0 Å². The highest BCUT2D eigenvalue weighted by Crippen LogP contribution is 2.25. The second-order valence-electron chi connectivity index (χ2n) is 6.02. The van der Waals surface area contributed by atoms with Gasteiger partial charge in [-0.2, -0.15) is 0 Å². The summed E-state index contributed by atoms with van der Waals surface area (Å²) in [5.74, 6) is 0.965. The molecule has 1 amide bonds. The molecular weight excluding hydrogens is 304 g/mol. The summed E-state index contributed by atoms with van der Waals surface area (Å²) in [6, 6.07) is 14.1. The Kier molecular flexibility index (Phi) is 5.67. The maximum Gasteiger partial charge on any atom is 0.226 e. The Labute approximate surface area is 142 Å². The number of hydrogen-bond acceptors (Lipinski definition) is 4. The number of carbonyl (C=O) groups is 1. The van der Waals surface area contributed by atoms with Crippen molar-refractivity contribution in [2.75, 3.05) is 45.9 Å². The zero-order valence-corrected chi connectivity index (χ0v) is 13.9. The first-order chi connectivity index (χ1) is 11.8. The second-order valence-corrected chi connectivity index (χ2v) is 6.02. The van der Waals surface area contributed by atoms with Gasteiger partial charge in [-0.25, -0.2) is 0 Å². The second kappa shape index (κ2) is 8.13. The smallest absolute Gasteiger partial charge is 0.226 e. The molecule has 1 aliphatic rings. The van der Waals surface area contributed by atoms with Crippen LogP contribution in [-0.2, 0) is 4.79 Å². The summed E-state index contributed by atoms with van der Waals surface area (Å²) in [6.45, 7) is 4.37. The molecule has 1 fully saturated rings. The number of ether oxygens (including phenoxy) is 1. The maximum absolute atomic E-state index is 12.3. The van der Waals surface area contributed by atoms with Gasteiger partial charge in [0.05, 0.1) is 19.6 Å². The molecule has 5 nitrogen and oxygen atoms in total. The minimum atomic E-state index is 0.138. The summed E-state index contributed by atoms with van der Waals surface area (Å²) in [7, 11) is 0. The largest absolute Gasteiger partial charge is 0.492 e. The molecule has 1 heterocycles. The Hall–Kier alpha value is -2.11. The number of nitrogens with zero attached hydrogens (tertiary/aromatic N) is 2. The molecule has 128 valence electrons. The Morgan fingerprint density at radius 2 is 1.79 bits per heavy atom. The number of aliphatic hydroxyl groups is 1. The van der Waals surface area contributed by atoms with Crippen LogP contribution >= 0.6 is 0 Å². The van der Waals surface area contributed by atoms with Gasteiger partial charge in [0.15, 0.2) is 0 Å². The van der Waals surface area contributed by atoms with E-state index < -0.39 is 0 Å². The van der Waals surface area contributed by atoms with E-state index in [9.17, 15) is 4.79 Å². The summed E-state index contributed by atoms with van der Waals surface area (Å²) in [6.07, 6.45) is 0.392. The van der Waals surface area contributed by atoms with Crippen LogP contribution in [0.15, 0.2) is 42.5 Å². The Morgan fingerprint density at radius 3 is 2.58 bits per heavy atom. The van der Waals surface area contributed by atoms with Crippen LogP contribution in [0.2, 0.25) is 0 Å². The molecule has 1 N–H and O–H groups in total. The first-order valence-electron chi connectivity index (χ1n) is 8.49. The number of piperazine rings is 1. The number of carbonyl (C=O) groups excluding carboxylic acids is 1. The van der Waals surface area contributed by atoms with Gasteiger partial charge in [-0.1, -0.05) is 36.4 Å². The van der Waals surface area contributed by atoms with Crippen LogP contribution in [0.4, 0.5) is 0 Å². The number of β-amino-alcohol motifs (C(OH)–C–C–N with tert-alkyl or cyclic N) is 1. The van der Waals surface area contributed by atoms with Crippen molar-refractivity contribution in [2.45, 2.75) is 6.42 Å². The van der Waals surface area contributed by atoms with Crippen molar-refractivity contribution in [2.24, 2.45) is 0 Å². The van der Waals surface area contributed by atoms with Crippen LogP contribution < -0.4 is 4.74 Å². The quantitative estimate of drug-likeness (QED) is 0.878. The van der Waals surface area contributed by atoms with Crippen LogP contribution in [0.5, 0.6) is 5.75 Å². The van der Waals surface area contributed by atoms with Gasteiger partial charge in [0.1, 0.15) is 5.75 Å². The minimum Gasteiger partial charge on any atom is -0.492 e. The number of fused-ring (bicyclic) bond motifs is 1. The first kappa shape index (κ1) is 16.7. The SMILES string of the molecule is O=C(CCOc1cccc2ccccc12)N1CCN(CCO)CC1. The fourth-order valence-electron chi connectivity index (χ4n) is 3.09. The molecule has 1 saturated heterocycles. The van der Waals surface area contributed by atoms with Crippen molar-refractivity contribution in [3.05, 3.63) is 42.5 Å². The maximum atomic E-state index is 12.3. The monoisotopic (exact) mass is 328 g/mol. The van der Waals surface area contributed by atoms with E-state index in [0.29, 0.717) is 19.6 Å². The summed E-state index contributed by atoms with van der Waals surface area (Å²) in [5.41, 5.74) is 0. The zero-order valence-electron chi connectivity index (χ0n) is 13.9. The average molecular weight is 328 g/mol. The third-order valence-corrected chi connectivity index (χ3v) is 4.46. The predicted octanol–water partition coefficient (Wildman–Crippen LogP) is 1.75. The van der Waals surface area contributed by atoms with E-state index in [-0.39, 0.29) is 12.5 Å². The number of rotatable bonds is 6. The average Bonchev–Trinajstić information content (AvgIpc) is 2.63. The molecule has 0 aliphatic carbocycles. The summed E-state index contributed by atoms with van der Waals surface area (Å²) >= 11 is 0. The zero-order chi connectivity index (χ0) is 16.8. The summed E-state index contributed by atoms with van der Waals surface area (Å²) in [5, 5.41) is 11.2. The van der Waals surface area contributed by atoms with Gasteiger partial charge < -0.3 is 14.7 Å². The van der Waals surface area contributed by atoms with Crippen LogP contribution in [0, 0.1) is 0 Å². The third kappa shape index (κ3) is 4.04. The predicted molar refractivity (Wildman–Crippen MR) is 94.2 cm³/mol. The Morgan fingerprint density at radius 1 is 1.04 bits per heavy atom. The van der Waals surface area contributed by atoms with Crippen molar-refractivity contribution < 1.29 is 14.6 Å². The Bertz CT molecular complexity index is 676. The molecule has 2 aromatic rings. The van der Waals surface area contributed by atoms with E-state index in [2.05, 4.69) is 17.0 Å². The molecule has 5 heteroatoms. The van der Waals surface area contributed by atoms with Gasteiger partial charge in [0, 0.05) is 38.1 Å². The van der Waals surface area contributed by atoms with Crippen molar-refractivity contribution >= 4 is 16.7 Å². The fraction of sp³-hybridized carbons (Fsp3) is 0.421. The highest BCUT2D eigenvalue weighted by atomic mass is 16.5. The van der Waals surface area contributed by atoms with Crippen LogP contribution in [0.1, 0.15) is 6.42 Å². The lowest BCUT2D eigenvalue weighted by Crippen LogP contribution is -2.49. The molecular formula is C19H24N2O3. The van der Waals surface area contributed by atoms with E-state index in [1.54, 1.807) is 0 Å². The van der Waals surface area contributed by atoms with Crippen LogP contribution in [0.25, 0.3) is 10.8 Å². The van der Waals surface area contributed by atoms with Crippen molar-refractivity contribution in [1.29, 1.82) is 0 Å². The standard InChI is InChI=1S/C19H24N2O3/c22-14-13-20-9-11-21(12-10-20)19(23)8-15-24-18-7-3-5-16-4-1-2-6-17(16)18/h1-7,22H,8-15H2. The summed E-state index contributed by atoms with van der Waals surface area (Å²) < 4.78 is 5.85. The molecule has 24 heavy (non-hydrogen) atoms. The van der Waals surface area contributed by atoms with E-state index in [1.807, 2.05) is 35.2 Å². The van der Waals surface area contributed by atoms with E-state index >= 15 is 0 Å². The van der Waals surface area contributed by atoms with Gasteiger partial charge >= 0.3 is 0 Å². The normalized spacial score (nSPS) is 15.6. The van der Waals surface area contributed by atoms with Crippen molar-refractivity contribution in [3.63, 3.8) is 0 Å². The highest BCUT2D eigenvalue weighted by molar-refractivity contribution is 5.88. The molecule has 3 rings (SSSR count). The van der Waals surface area contributed by atoms with E-state index in [0.717, 1.165) is 42.7 Å². The molecule has 0 bridgehead atoms. The van der Waals surface area contributed by atoms with Gasteiger partial charge in [-0.3, -0.25) is 9.69 Å². The highest BCUT2D eigenvalue weighted by Gasteiger charge is 2.20. The lowest BCUT2D eigenvalue weighted by Gasteiger charge is -2.34. The van der Waals surface area contributed by atoms with Crippen molar-refractivity contribution in [3.8, 4) is 5.75 Å². The van der Waals surface area contributed by atoms with E-state index in [4.69, 9.17) is 9.84 Å². The number of amides is 1. The molecule has 1 aliphatic heterocycles.